The van der Waals surface area contributed by atoms with Crippen LogP contribution in [-0.4, -0.2) is 35.4 Å². The average molecular weight is 483 g/mol. The highest BCUT2D eigenvalue weighted by Gasteiger charge is 2.40. The second-order valence-electron chi connectivity index (χ2n) is 8.32. The zero-order valence-corrected chi connectivity index (χ0v) is 19.8. The SMILES string of the molecule is CCOc1cc(C=C2C(=O)NC(=O)N(C3CCCCC3)C2=O)cc(Cl)c1OCc1ccccc1. The third-order valence-corrected chi connectivity index (χ3v) is 6.22. The molecule has 1 aliphatic heterocycles. The van der Waals surface area contributed by atoms with E-state index >= 15 is 0 Å². The Morgan fingerprint density at radius 2 is 1.79 bits per heavy atom. The maximum absolute atomic E-state index is 13.2. The van der Waals surface area contributed by atoms with Crippen LogP contribution < -0.4 is 14.8 Å². The molecule has 0 spiro atoms. The number of carbonyl (C=O) groups is 3. The molecule has 2 fully saturated rings. The van der Waals surface area contributed by atoms with Crippen LogP contribution in [-0.2, 0) is 16.2 Å². The van der Waals surface area contributed by atoms with E-state index in [0.717, 1.165) is 37.7 Å². The van der Waals surface area contributed by atoms with Crippen LogP contribution in [0.2, 0.25) is 5.02 Å². The smallest absolute Gasteiger partial charge is 0.331 e. The minimum Gasteiger partial charge on any atom is -0.490 e. The van der Waals surface area contributed by atoms with Gasteiger partial charge < -0.3 is 9.47 Å². The van der Waals surface area contributed by atoms with Gasteiger partial charge in [-0.2, -0.15) is 0 Å². The Hall–Kier alpha value is -3.32. The van der Waals surface area contributed by atoms with E-state index in [-0.39, 0.29) is 16.6 Å². The quantitative estimate of drug-likeness (QED) is 0.437. The summed E-state index contributed by atoms with van der Waals surface area (Å²) in [4.78, 5) is 39.3. The van der Waals surface area contributed by atoms with E-state index in [9.17, 15) is 14.4 Å². The van der Waals surface area contributed by atoms with Gasteiger partial charge in [0.25, 0.3) is 11.8 Å². The molecule has 4 amide bonds. The predicted octanol–water partition coefficient (Wildman–Crippen LogP) is 5.11. The Balaban J connectivity index is 1.62. The molecule has 4 rings (SSSR count). The van der Waals surface area contributed by atoms with Gasteiger partial charge in [0.15, 0.2) is 11.5 Å². The zero-order valence-electron chi connectivity index (χ0n) is 19.0. The fourth-order valence-corrected chi connectivity index (χ4v) is 4.59. The number of amides is 4. The highest BCUT2D eigenvalue weighted by Crippen LogP contribution is 2.38. The number of ether oxygens (including phenoxy) is 2. The summed E-state index contributed by atoms with van der Waals surface area (Å²) in [6.45, 7) is 2.52. The molecule has 2 aromatic carbocycles. The molecule has 0 atom stereocenters. The van der Waals surface area contributed by atoms with E-state index in [0.29, 0.717) is 30.3 Å². The Morgan fingerprint density at radius 3 is 2.50 bits per heavy atom. The van der Waals surface area contributed by atoms with Gasteiger partial charge in [-0.05, 0) is 49.1 Å². The van der Waals surface area contributed by atoms with Crippen LogP contribution in [0.15, 0.2) is 48.0 Å². The minimum absolute atomic E-state index is 0.110. The second kappa shape index (κ2) is 10.7. The largest absolute Gasteiger partial charge is 0.490 e. The molecular weight excluding hydrogens is 456 g/mol. The average Bonchev–Trinajstić information content (AvgIpc) is 2.83. The summed E-state index contributed by atoms with van der Waals surface area (Å²) in [6.07, 6.45) is 5.91. The van der Waals surface area contributed by atoms with Crippen molar-refractivity contribution in [2.75, 3.05) is 6.61 Å². The summed E-state index contributed by atoms with van der Waals surface area (Å²) >= 11 is 6.52. The van der Waals surface area contributed by atoms with Gasteiger partial charge in [0.2, 0.25) is 0 Å². The number of hydrogen-bond donors (Lipinski definition) is 1. The zero-order chi connectivity index (χ0) is 24.1. The summed E-state index contributed by atoms with van der Waals surface area (Å²) in [5.74, 6) is -0.519. The number of rotatable bonds is 7. The Kier molecular flexibility index (Phi) is 7.53. The molecule has 7 nitrogen and oxygen atoms in total. The number of halogens is 1. The molecule has 2 aliphatic rings. The highest BCUT2D eigenvalue weighted by molar-refractivity contribution is 6.33. The minimum atomic E-state index is -0.722. The summed E-state index contributed by atoms with van der Waals surface area (Å²) in [5.41, 5.74) is 1.36. The van der Waals surface area contributed by atoms with Crippen LogP contribution in [0.1, 0.15) is 50.2 Å². The molecule has 1 saturated heterocycles. The van der Waals surface area contributed by atoms with E-state index in [4.69, 9.17) is 21.1 Å². The molecule has 1 aliphatic carbocycles. The van der Waals surface area contributed by atoms with Crippen LogP contribution >= 0.6 is 11.6 Å². The lowest BCUT2D eigenvalue weighted by atomic mass is 9.93. The normalized spacial score (nSPS) is 18.2. The van der Waals surface area contributed by atoms with Gasteiger partial charge in [-0.25, -0.2) is 4.79 Å². The summed E-state index contributed by atoms with van der Waals surface area (Å²) in [6, 6.07) is 12.1. The van der Waals surface area contributed by atoms with Gasteiger partial charge >= 0.3 is 6.03 Å². The maximum Gasteiger partial charge on any atom is 0.331 e. The van der Waals surface area contributed by atoms with Gasteiger partial charge in [0, 0.05) is 6.04 Å². The van der Waals surface area contributed by atoms with Crippen LogP contribution in [0.3, 0.4) is 0 Å². The number of benzene rings is 2. The standard InChI is InChI=1S/C26H27ClN2O5/c1-2-33-22-15-18(14-21(27)23(22)34-16-17-9-5-3-6-10-17)13-20-24(30)28-26(32)29(25(20)31)19-11-7-4-8-12-19/h3,5-6,9-10,13-15,19H,2,4,7-8,11-12,16H2,1H3,(H,28,30,32). The molecule has 2 aromatic rings. The van der Waals surface area contributed by atoms with Crippen LogP contribution in [0.25, 0.3) is 6.08 Å². The molecule has 178 valence electrons. The van der Waals surface area contributed by atoms with Crippen molar-refractivity contribution in [1.29, 1.82) is 0 Å². The topological polar surface area (TPSA) is 84.9 Å². The van der Waals surface area contributed by atoms with Gasteiger partial charge in [-0.3, -0.25) is 19.8 Å². The number of nitrogens with zero attached hydrogens (tertiary/aromatic N) is 1. The number of barbiturate groups is 1. The monoisotopic (exact) mass is 482 g/mol. The van der Waals surface area contributed by atoms with Crippen molar-refractivity contribution in [3.63, 3.8) is 0 Å². The molecule has 34 heavy (non-hydrogen) atoms. The van der Waals surface area contributed by atoms with Crippen molar-refractivity contribution in [2.45, 2.75) is 51.7 Å². The summed E-state index contributed by atoms with van der Waals surface area (Å²) < 4.78 is 11.7. The van der Waals surface area contributed by atoms with Gasteiger partial charge in [-0.1, -0.05) is 61.2 Å². The molecule has 1 saturated carbocycles. The maximum atomic E-state index is 13.2. The summed E-state index contributed by atoms with van der Waals surface area (Å²) in [7, 11) is 0. The third kappa shape index (κ3) is 5.25. The van der Waals surface area contributed by atoms with Crippen molar-refractivity contribution >= 4 is 35.5 Å². The van der Waals surface area contributed by atoms with E-state index in [1.54, 1.807) is 12.1 Å². The highest BCUT2D eigenvalue weighted by atomic mass is 35.5. The lowest BCUT2D eigenvalue weighted by Gasteiger charge is -2.35. The second-order valence-corrected chi connectivity index (χ2v) is 8.73. The first-order valence-electron chi connectivity index (χ1n) is 11.5. The predicted molar refractivity (Wildman–Crippen MR) is 129 cm³/mol. The van der Waals surface area contributed by atoms with Crippen molar-refractivity contribution in [2.24, 2.45) is 0 Å². The molecule has 1 N–H and O–H groups in total. The van der Waals surface area contributed by atoms with Gasteiger partial charge in [0.05, 0.1) is 11.6 Å². The lowest BCUT2D eigenvalue weighted by molar-refractivity contribution is -0.132. The molecule has 0 unspecified atom stereocenters. The first-order chi connectivity index (χ1) is 16.5. The van der Waals surface area contributed by atoms with E-state index < -0.39 is 17.8 Å². The van der Waals surface area contributed by atoms with E-state index in [1.165, 1.54) is 11.0 Å². The molecular formula is C26H27ClN2O5. The van der Waals surface area contributed by atoms with Crippen LogP contribution in [0, 0.1) is 0 Å². The molecule has 8 heteroatoms. The number of urea groups is 1. The fraction of sp³-hybridized carbons (Fsp3) is 0.346. The molecule has 0 radical (unpaired) electrons. The Morgan fingerprint density at radius 1 is 1.06 bits per heavy atom. The molecule has 1 heterocycles. The first kappa shape index (κ1) is 23.8. The van der Waals surface area contributed by atoms with Crippen molar-refractivity contribution in [3.05, 3.63) is 64.2 Å². The van der Waals surface area contributed by atoms with Crippen molar-refractivity contribution in [3.8, 4) is 11.5 Å². The van der Waals surface area contributed by atoms with Gasteiger partial charge in [0.1, 0.15) is 12.2 Å². The van der Waals surface area contributed by atoms with Crippen LogP contribution in [0.5, 0.6) is 11.5 Å². The Bertz CT molecular complexity index is 1110. The third-order valence-electron chi connectivity index (χ3n) is 5.94. The Labute approximate surface area is 203 Å². The number of hydrogen-bond acceptors (Lipinski definition) is 5. The first-order valence-corrected chi connectivity index (χ1v) is 11.9. The van der Waals surface area contributed by atoms with E-state index in [1.807, 2.05) is 37.3 Å². The van der Waals surface area contributed by atoms with Gasteiger partial charge in [-0.15, -0.1) is 0 Å². The molecule has 0 aromatic heterocycles. The van der Waals surface area contributed by atoms with Crippen molar-refractivity contribution < 1.29 is 23.9 Å². The summed E-state index contributed by atoms with van der Waals surface area (Å²) in [5, 5.41) is 2.59. The number of imide groups is 2. The fourth-order valence-electron chi connectivity index (χ4n) is 4.31. The van der Waals surface area contributed by atoms with Crippen molar-refractivity contribution in [1.82, 2.24) is 10.2 Å². The molecule has 0 bridgehead atoms. The van der Waals surface area contributed by atoms with E-state index in [2.05, 4.69) is 5.32 Å². The number of carbonyl (C=O) groups excluding carboxylic acids is 3. The lowest BCUT2D eigenvalue weighted by Crippen LogP contribution is -2.58. The van der Waals surface area contributed by atoms with Crippen LogP contribution in [0.4, 0.5) is 4.79 Å². The number of nitrogens with one attached hydrogen (secondary N) is 1.